The quantitative estimate of drug-likeness (QED) is 0.759. The van der Waals surface area contributed by atoms with Crippen LogP contribution < -0.4 is 0 Å². The Bertz CT molecular complexity index is 494. The zero-order valence-electron chi connectivity index (χ0n) is 9.49. The van der Waals surface area contributed by atoms with Crippen LogP contribution in [-0.4, -0.2) is 8.42 Å². The molecule has 0 bridgehead atoms. The van der Waals surface area contributed by atoms with E-state index in [0.717, 1.165) is 6.42 Å². The molecule has 17 heavy (non-hydrogen) atoms. The number of halogens is 2. The summed E-state index contributed by atoms with van der Waals surface area (Å²) in [4.78, 5) is -0.327. The second-order valence-electron chi connectivity index (χ2n) is 3.64. The Morgan fingerprint density at radius 3 is 2.35 bits per heavy atom. The standard InChI is InChI=1S/C12H14ClFO2S/c1-2-3-9-11(17(14,15)16)12(13)10-7-5-4-6-8-10/h4-8H,2-3,9H2,1H3/b12-11+. The summed E-state index contributed by atoms with van der Waals surface area (Å²) in [6.45, 7) is 1.90. The molecule has 0 spiro atoms. The van der Waals surface area contributed by atoms with Crippen molar-refractivity contribution in [3.63, 3.8) is 0 Å². The predicted octanol–water partition coefficient (Wildman–Crippen LogP) is 4.08. The van der Waals surface area contributed by atoms with Gasteiger partial charge in [-0.15, -0.1) is 3.89 Å². The van der Waals surface area contributed by atoms with Crippen molar-refractivity contribution in [1.29, 1.82) is 0 Å². The summed E-state index contributed by atoms with van der Waals surface area (Å²) in [5, 5.41) is -0.0263. The van der Waals surface area contributed by atoms with Crippen molar-refractivity contribution in [2.45, 2.75) is 26.2 Å². The van der Waals surface area contributed by atoms with Gasteiger partial charge in [-0.2, -0.15) is 8.42 Å². The van der Waals surface area contributed by atoms with Crippen LogP contribution in [0.25, 0.3) is 5.03 Å². The number of hydrogen-bond donors (Lipinski definition) is 0. The van der Waals surface area contributed by atoms with Crippen LogP contribution in [0.2, 0.25) is 0 Å². The Hall–Kier alpha value is -0.870. The van der Waals surface area contributed by atoms with Crippen molar-refractivity contribution in [3.8, 4) is 0 Å². The minimum atomic E-state index is -4.74. The van der Waals surface area contributed by atoms with Gasteiger partial charge in [-0.25, -0.2) is 0 Å². The van der Waals surface area contributed by atoms with Crippen LogP contribution in [0.3, 0.4) is 0 Å². The Balaban J connectivity index is 3.20. The Morgan fingerprint density at radius 1 is 1.29 bits per heavy atom. The number of unbranched alkanes of at least 4 members (excludes halogenated alkanes) is 1. The van der Waals surface area contributed by atoms with Crippen LogP contribution in [0.5, 0.6) is 0 Å². The molecule has 2 nitrogen and oxygen atoms in total. The lowest BCUT2D eigenvalue weighted by Gasteiger charge is -2.06. The van der Waals surface area contributed by atoms with Gasteiger partial charge < -0.3 is 0 Å². The number of hydrogen-bond acceptors (Lipinski definition) is 2. The number of allylic oxidation sites excluding steroid dienone is 1. The SMILES string of the molecule is CCCC/C(=C(\Cl)c1ccccc1)S(=O)(=O)F. The summed E-state index contributed by atoms with van der Waals surface area (Å²) in [6.07, 6.45) is 1.49. The van der Waals surface area contributed by atoms with Gasteiger partial charge in [-0.05, 0) is 18.4 Å². The normalized spacial score (nSPS) is 13.4. The molecular weight excluding hydrogens is 263 g/mol. The topological polar surface area (TPSA) is 34.1 Å². The second kappa shape index (κ2) is 6.17. The molecule has 0 aliphatic heterocycles. The highest BCUT2D eigenvalue weighted by atomic mass is 35.5. The highest BCUT2D eigenvalue weighted by molar-refractivity contribution is 7.90. The van der Waals surface area contributed by atoms with Crippen LogP contribution in [0.15, 0.2) is 35.2 Å². The van der Waals surface area contributed by atoms with Gasteiger partial charge in [0, 0.05) is 0 Å². The molecule has 0 saturated heterocycles. The van der Waals surface area contributed by atoms with E-state index in [0.29, 0.717) is 12.0 Å². The molecule has 0 aliphatic rings. The first-order valence-electron chi connectivity index (χ1n) is 5.35. The van der Waals surface area contributed by atoms with Crippen molar-refractivity contribution in [2.75, 3.05) is 0 Å². The van der Waals surface area contributed by atoms with Gasteiger partial charge in [0.1, 0.15) is 0 Å². The fourth-order valence-corrected chi connectivity index (χ4v) is 2.64. The summed E-state index contributed by atoms with van der Waals surface area (Å²) in [7, 11) is -4.74. The smallest absolute Gasteiger partial charge is 0.190 e. The van der Waals surface area contributed by atoms with Gasteiger partial charge in [0.15, 0.2) is 0 Å². The molecule has 0 radical (unpaired) electrons. The third-order valence-corrected chi connectivity index (χ3v) is 3.88. The summed E-state index contributed by atoms with van der Waals surface area (Å²) < 4.78 is 35.2. The predicted molar refractivity (Wildman–Crippen MR) is 68.8 cm³/mol. The molecule has 0 atom stereocenters. The molecule has 0 saturated carbocycles. The molecule has 0 unspecified atom stereocenters. The maximum absolute atomic E-state index is 13.1. The fraction of sp³-hybridized carbons (Fsp3) is 0.333. The lowest BCUT2D eigenvalue weighted by molar-refractivity contribution is 0.556. The molecule has 0 amide bonds. The first kappa shape index (κ1) is 14.2. The van der Waals surface area contributed by atoms with E-state index in [4.69, 9.17) is 11.6 Å². The molecule has 0 aromatic heterocycles. The molecule has 5 heteroatoms. The molecule has 1 aromatic rings. The van der Waals surface area contributed by atoms with Crippen LogP contribution >= 0.6 is 11.6 Å². The number of rotatable bonds is 5. The van der Waals surface area contributed by atoms with Gasteiger partial charge in [-0.3, -0.25) is 0 Å². The van der Waals surface area contributed by atoms with Crippen molar-refractivity contribution >= 4 is 26.9 Å². The average Bonchev–Trinajstić information content (AvgIpc) is 2.29. The molecule has 94 valence electrons. The van der Waals surface area contributed by atoms with Crippen molar-refractivity contribution in [1.82, 2.24) is 0 Å². The summed E-state index contributed by atoms with van der Waals surface area (Å²) in [6, 6.07) is 8.53. The van der Waals surface area contributed by atoms with Gasteiger partial charge in [0.2, 0.25) is 0 Å². The van der Waals surface area contributed by atoms with E-state index < -0.39 is 10.2 Å². The average molecular weight is 277 g/mol. The van der Waals surface area contributed by atoms with E-state index in [2.05, 4.69) is 0 Å². The van der Waals surface area contributed by atoms with Gasteiger partial charge >= 0.3 is 10.2 Å². The summed E-state index contributed by atoms with van der Waals surface area (Å²) >= 11 is 5.95. The van der Waals surface area contributed by atoms with Crippen molar-refractivity contribution in [2.24, 2.45) is 0 Å². The minimum absolute atomic E-state index is 0.0263. The molecular formula is C12H14ClFO2S. The molecule has 0 fully saturated rings. The highest BCUT2D eigenvalue weighted by Gasteiger charge is 2.20. The Kier molecular flexibility index (Phi) is 5.15. The molecule has 0 aliphatic carbocycles. The third kappa shape index (κ3) is 4.13. The first-order chi connectivity index (χ1) is 7.96. The van der Waals surface area contributed by atoms with E-state index in [9.17, 15) is 12.3 Å². The van der Waals surface area contributed by atoms with Gasteiger partial charge in [0.05, 0.1) is 9.94 Å². The van der Waals surface area contributed by atoms with E-state index in [1.165, 1.54) is 0 Å². The van der Waals surface area contributed by atoms with E-state index in [-0.39, 0.29) is 16.4 Å². The van der Waals surface area contributed by atoms with Gasteiger partial charge in [-0.1, -0.05) is 55.3 Å². The third-order valence-electron chi connectivity index (χ3n) is 2.32. The van der Waals surface area contributed by atoms with Crippen molar-refractivity contribution in [3.05, 3.63) is 40.8 Å². The lowest BCUT2D eigenvalue weighted by Crippen LogP contribution is -1.99. The zero-order valence-corrected chi connectivity index (χ0v) is 11.1. The Labute approximate surface area is 106 Å². The fourth-order valence-electron chi connectivity index (χ4n) is 1.42. The molecule has 1 rings (SSSR count). The highest BCUT2D eigenvalue weighted by Crippen LogP contribution is 2.30. The van der Waals surface area contributed by atoms with Crippen LogP contribution in [0.4, 0.5) is 3.89 Å². The first-order valence-corrected chi connectivity index (χ1v) is 7.11. The van der Waals surface area contributed by atoms with Gasteiger partial charge in [0.25, 0.3) is 0 Å². The lowest BCUT2D eigenvalue weighted by atomic mass is 10.1. The van der Waals surface area contributed by atoms with E-state index >= 15 is 0 Å². The second-order valence-corrected chi connectivity index (χ2v) is 5.39. The van der Waals surface area contributed by atoms with Crippen LogP contribution in [0.1, 0.15) is 31.7 Å². The van der Waals surface area contributed by atoms with E-state index in [1.54, 1.807) is 30.3 Å². The molecule has 0 heterocycles. The van der Waals surface area contributed by atoms with Crippen molar-refractivity contribution < 1.29 is 12.3 Å². The summed E-state index contributed by atoms with van der Waals surface area (Å²) in [5.41, 5.74) is 0.515. The molecule has 1 aromatic carbocycles. The largest absolute Gasteiger partial charge is 0.329 e. The number of benzene rings is 1. The minimum Gasteiger partial charge on any atom is -0.190 e. The monoisotopic (exact) mass is 276 g/mol. The summed E-state index contributed by atoms with van der Waals surface area (Å²) in [5.74, 6) is 0. The molecule has 0 N–H and O–H groups in total. The van der Waals surface area contributed by atoms with Crippen LogP contribution in [0, 0.1) is 0 Å². The maximum Gasteiger partial charge on any atom is 0.329 e. The Morgan fingerprint density at radius 2 is 1.88 bits per heavy atom. The zero-order chi connectivity index (χ0) is 12.9. The van der Waals surface area contributed by atoms with E-state index in [1.807, 2.05) is 6.92 Å². The van der Waals surface area contributed by atoms with Crippen LogP contribution in [-0.2, 0) is 10.2 Å². The maximum atomic E-state index is 13.1.